The lowest BCUT2D eigenvalue weighted by Gasteiger charge is -2.29. The molecule has 0 atom stereocenters. The Morgan fingerprint density at radius 3 is 2.11 bits per heavy atom. The maximum absolute atomic E-state index is 12.6. The number of fused-ring (bicyclic) bond motifs is 6. The van der Waals surface area contributed by atoms with Gasteiger partial charge in [-0.25, -0.2) is 4.98 Å². The van der Waals surface area contributed by atoms with Crippen molar-refractivity contribution < 1.29 is 26.3 Å². The van der Waals surface area contributed by atoms with E-state index in [1.54, 1.807) is 0 Å². The summed E-state index contributed by atoms with van der Waals surface area (Å²) in [7, 11) is 8.47. The van der Waals surface area contributed by atoms with Gasteiger partial charge in [0.2, 0.25) is 0 Å². The van der Waals surface area contributed by atoms with Crippen LogP contribution in [0, 0.1) is 0 Å². The summed E-state index contributed by atoms with van der Waals surface area (Å²) >= 11 is 0. The molecule has 0 saturated heterocycles. The lowest BCUT2D eigenvalue weighted by molar-refractivity contribution is -0.882. The van der Waals surface area contributed by atoms with Crippen LogP contribution >= 0.6 is 0 Å². The molecule has 0 unspecified atom stereocenters. The second-order valence-corrected chi connectivity index (χ2v) is 12.8. The van der Waals surface area contributed by atoms with Gasteiger partial charge in [0.25, 0.3) is 5.91 Å². The first-order valence-corrected chi connectivity index (χ1v) is 15.9. The maximum atomic E-state index is 12.6. The Morgan fingerprint density at radius 2 is 1.45 bits per heavy atom. The summed E-state index contributed by atoms with van der Waals surface area (Å²) < 4.78 is 3.13. The third-order valence-corrected chi connectivity index (χ3v) is 8.58. The first kappa shape index (κ1) is 33.5. The lowest BCUT2D eigenvalue weighted by Crippen LogP contribution is -3.00. The fourth-order valence-corrected chi connectivity index (χ4v) is 6.22. The number of aromatic nitrogens is 2. The molecule has 1 heterocycles. The summed E-state index contributed by atoms with van der Waals surface area (Å²) in [6, 6.07) is 26.1. The van der Waals surface area contributed by atoms with Gasteiger partial charge in [0, 0.05) is 49.2 Å². The van der Waals surface area contributed by atoms with E-state index in [4.69, 9.17) is 4.98 Å². The van der Waals surface area contributed by atoms with Gasteiger partial charge in [-0.2, -0.15) is 0 Å². The Morgan fingerprint density at radius 1 is 0.818 bits per heavy atom. The Labute approximate surface area is 273 Å². The fraction of sp³-hybridized carbons (Fsp3) is 0.405. The number of imidazole rings is 1. The van der Waals surface area contributed by atoms with Gasteiger partial charge < -0.3 is 36.2 Å². The van der Waals surface area contributed by atoms with Crippen LogP contribution in [0.2, 0.25) is 0 Å². The predicted octanol–water partition coefficient (Wildman–Crippen LogP) is 4.63. The normalized spacial score (nSPS) is 11.7. The molecule has 6 nitrogen and oxygen atoms in total. The van der Waals surface area contributed by atoms with E-state index in [2.05, 4.69) is 123 Å². The van der Waals surface area contributed by atoms with E-state index in [-0.39, 0.29) is 22.9 Å². The van der Waals surface area contributed by atoms with E-state index in [9.17, 15) is 4.79 Å². The van der Waals surface area contributed by atoms with Crippen molar-refractivity contribution in [1.29, 1.82) is 0 Å². The van der Waals surface area contributed by atoms with Gasteiger partial charge in [0.15, 0.2) is 6.54 Å². The van der Waals surface area contributed by atoms with Crippen LogP contribution < -0.4 is 27.2 Å². The van der Waals surface area contributed by atoms with Crippen LogP contribution in [0.25, 0.3) is 44.0 Å². The van der Waals surface area contributed by atoms with Gasteiger partial charge in [-0.1, -0.05) is 74.7 Å². The van der Waals surface area contributed by atoms with E-state index in [0.717, 1.165) is 55.8 Å². The molecule has 0 bridgehead atoms. The number of anilines is 1. The molecule has 1 N–H and O–H groups in total. The lowest BCUT2D eigenvalue weighted by atomic mass is 10.00. The molecule has 0 aliphatic heterocycles. The summed E-state index contributed by atoms with van der Waals surface area (Å²) in [4.78, 5) is 20.1. The topological polar surface area (TPSA) is 50.2 Å². The number of benzene rings is 4. The van der Waals surface area contributed by atoms with E-state index < -0.39 is 0 Å². The van der Waals surface area contributed by atoms with Crippen molar-refractivity contribution in [3.8, 4) is 11.4 Å². The smallest absolute Gasteiger partial charge is 0.275 e. The van der Waals surface area contributed by atoms with Crippen LogP contribution in [-0.2, 0) is 11.3 Å². The van der Waals surface area contributed by atoms with Crippen molar-refractivity contribution >= 4 is 44.2 Å². The summed E-state index contributed by atoms with van der Waals surface area (Å²) in [5.74, 6) is 1.17. The van der Waals surface area contributed by atoms with E-state index in [1.807, 2.05) is 0 Å². The highest BCUT2D eigenvalue weighted by molar-refractivity contribution is 6.23. The molecule has 0 spiro atoms. The molecule has 1 aromatic heterocycles. The molecule has 5 rings (SSSR count). The summed E-state index contributed by atoms with van der Waals surface area (Å²) in [6.07, 6.45) is 6.74. The third-order valence-electron chi connectivity index (χ3n) is 8.58. The zero-order valence-electron chi connectivity index (χ0n) is 27.1. The average molecular weight is 659 g/mol. The highest BCUT2D eigenvalue weighted by atomic mass is 79.9. The number of hydrogen-bond donors (Lipinski definition) is 1. The van der Waals surface area contributed by atoms with Crippen LogP contribution in [0.3, 0.4) is 0 Å². The van der Waals surface area contributed by atoms with Gasteiger partial charge in [0.05, 0.1) is 31.7 Å². The Hall–Kier alpha value is -3.42. The minimum atomic E-state index is 0. The molecule has 44 heavy (non-hydrogen) atoms. The SMILES string of the molecule is CCCCCCNC(=O)C[N+](C)(C)CCCCn1c(-c2ccc(N(C)C)cc2)nc2c3ccccc3c3ccccc3c21.[Br-]. The largest absolute Gasteiger partial charge is 1.00 e. The van der Waals surface area contributed by atoms with Crippen LogP contribution in [0.1, 0.15) is 45.4 Å². The molecule has 0 saturated carbocycles. The van der Waals surface area contributed by atoms with Crippen LogP contribution in [-0.4, -0.2) is 67.8 Å². The molecule has 0 aliphatic rings. The van der Waals surface area contributed by atoms with Gasteiger partial charge in [-0.15, -0.1) is 0 Å². The molecule has 0 aliphatic carbocycles. The molecule has 1 amide bonds. The monoisotopic (exact) mass is 657 g/mol. The van der Waals surface area contributed by atoms with Crippen molar-refractivity contribution in [2.75, 3.05) is 52.7 Å². The van der Waals surface area contributed by atoms with Crippen molar-refractivity contribution in [2.45, 2.75) is 52.0 Å². The predicted molar refractivity (Wildman–Crippen MR) is 183 cm³/mol. The highest BCUT2D eigenvalue weighted by Crippen LogP contribution is 2.37. The minimum Gasteiger partial charge on any atom is -1.00 e. The highest BCUT2D eigenvalue weighted by Gasteiger charge is 2.21. The van der Waals surface area contributed by atoms with Gasteiger partial charge >= 0.3 is 0 Å². The molecule has 4 aromatic carbocycles. The fourth-order valence-electron chi connectivity index (χ4n) is 6.22. The first-order chi connectivity index (χ1) is 20.8. The van der Waals surface area contributed by atoms with E-state index in [0.29, 0.717) is 11.0 Å². The number of nitrogens with one attached hydrogen (secondary N) is 1. The van der Waals surface area contributed by atoms with Crippen molar-refractivity contribution in [2.24, 2.45) is 0 Å². The standard InChI is InChI=1S/C37H47N5O.BrH/c1-6-7-8-13-24-38-34(43)27-42(4,5)26-15-14-25-41-36-33-19-12-10-17-31(33)30-16-9-11-18-32(30)35(36)39-37(41)28-20-22-29(23-21-28)40(2)3;/h9-12,16-23H,6-8,13-15,24-27H2,1-5H3;1H. The minimum absolute atomic E-state index is 0. The zero-order valence-corrected chi connectivity index (χ0v) is 28.7. The molecule has 5 aromatic rings. The molecule has 7 heteroatoms. The molecular weight excluding hydrogens is 610 g/mol. The van der Waals surface area contributed by atoms with Crippen molar-refractivity contribution in [1.82, 2.24) is 14.9 Å². The second kappa shape index (κ2) is 15.0. The second-order valence-electron chi connectivity index (χ2n) is 12.8. The number of aryl methyl sites for hydroxylation is 1. The molecule has 234 valence electrons. The third kappa shape index (κ3) is 7.62. The van der Waals surface area contributed by atoms with Crippen LogP contribution in [0.4, 0.5) is 5.69 Å². The van der Waals surface area contributed by atoms with Gasteiger partial charge in [0.1, 0.15) is 5.82 Å². The van der Waals surface area contributed by atoms with Crippen LogP contribution in [0.15, 0.2) is 72.8 Å². The number of carbonyl (C=O) groups is 1. The number of likely N-dealkylation sites (N-methyl/N-ethyl adjacent to an activating group) is 1. The number of quaternary nitrogens is 1. The number of halogens is 1. The maximum Gasteiger partial charge on any atom is 0.275 e. The number of rotatable bonds is 14. The molecule has 0 fully saturated rings. The summed E-state index contributed by atoms with van der Waals surface area (Å²) in [5.41, 5.74) is 4.57. The zero-order chi connectivity index (χ0) is 30.4. The first-order valence-electron chi connectivity index (χ1n) is 15.9. The number of nitrogens with zero attached hydrogens (tertiary/aromatic N) is 4. The summed E-state index contributed by atoms with van der Waals surface area (Å²) in [6.45, 7) is 5.33. The van der Waals surface area contributed by atoms with Crippen LogP contribution in [0.5, 0.6) is 0 Å². The van der Waals surface area contributed by atoms with Gasteiger partial charge in [-0.3, -0.25) is 4.79 Å². The average Bonchev–Trinajstić information content (AvgIpc) is 3.39. The Kier molecular flexibility index (Phi) is 11.4. The number of carbonyl (C=O) groups excluding carboxylic acids is 1. The van der Waals surface area contributed by atoms with E-state index >= 15 is 0 Å². The number of amides is 1. The molecular formula is C37H48BrN5O. The van der Waals surface area contributed by atoms with Crippen molar-refractivity contribution in [3.05, 3.63) is 72.8 Å². The van der Waals surface area contributed by atoms with Gasteiger partial charge in [-0.05, 0) is 54.3 Å². The molecule has 0 radical (unpaired) electrons. The Balaban J connectivity index is 0.00000442. The summed E-state index contributed by atoms with van der Waals surface area (Å²) in [5, 5.41) is 8.07. The number of unbranched alkanes of at least 4 members (excludes halogenated alkanes) is 4. The van der Waals surface area contributed by atoms with Crippen molar-refractivity contribution in [3.63, 3.8) is 0 Å². The van der Waals surface area contributed by atoms with E-state index in [1.165, 1.54) is 52.0 Å². The Bertz CT molecular complexity index is 1690. The quantitative estimate of drug-likeness (QED) is 0.108. The number of hydrogen-bond acceptors (Lipinski definition) is 3.